The van der Waals surface area contributed by atoms with Crippen molar-refractivity contribution in [3.63, 3.8) is 0 Å². The van der Waals surface area contributed by atoms with Gasteiger partial charge in [-0.2, -0.15) is 0 Å². The maximum atomic E-state index is 14.0. The van der Waals surface area contributed by atoms with Crippen LogP contribution >= 0.6 is 11.6 Å². The van der Waals surface area contributed by atoms with E-state index in [0.29, 0.717) is 42.5 Å². The van der Waals surface area contributed by atoms with E-state index in [1.54, 1.807) is 24.1 Å². The summed E-state index contributed by atoms with van der Waals surface area (Å²) in [6.07, 6.45) is 2.82. The van der Waals surface area contributed by atoms with Gasteiger partial charge in [-0.25, -0.2) is 18.7 Å². The number of methoxy groups -OCH3 is 1. The summed E-state index contributed by atoms with van der Waals surface area (Å²) in [5.74, 6) is 0.275. The van der Waals surface area contributed by atoms with Gasteiger partial charge in [0, 0.05) is 42.7 Å². The average Bonchev–Trinajstić information content (AvgIpc) is 3.92. The van der Waals surface area contributed by atoms with E-state index >= 15 is 0 Å². The summed E-state index contributed by atoms with van der Waals surface area (Å²) >= 11 is 6.51. The summed E-state index contributed by atoms with van der Waals surface area (Å²) < 4.78 is 41.9. The van der Waals surface area contributed by atoms with Crippen molar-refractivity contribution in [3.8, 4) is 11.8 Å². The molecule has 1 saturated heterocycles. The van der Waals surface area contributed by atoms with E-state index in [1.807, 2.05) is 30.3 Å². The van der Waals surface area contributed by atoms with Crippen LogP contribution in [0.4, 0.5) is 14.5 Å². The number of aromatic nitrogens is 2. The van der Waals surface area contributed by atoms with Gasteiger partial charge in [0.15, 0.2) is 0 Å². The predicted octanol–water partition coefficient (Wildman–Crippen LogP) is 3.98. The number of alkyl halides is 2. The first-order valence-corrected chi connectivity index (χ1v) is 16.0. The average molecular weight is 673 g/mol. The Kier molecular flexibility index (Phi) is 12.3. The van der Waals surface area contributed by atoms with Gasteiger partial charge < -0.3 is 29.7 Å². The normalized spacial score (nSPS) is 16.4. The first-order valence-electron chi connectivity index (χ1n) is 15.6. The standard InChI is InChI=1S/C33H39ClF2N6O5/c1-45-29-6-3-2-5-23(29)21-46-11-4-12-47-33-39-15-26(16-40-33)42-28(17-38-19-31(42)43)32(44)41(25-8-9-25)20-24-13-22(7-10-27(24)34)14-37-18-30(35)36/h2-3,5-7,10,13,15-16,25,28,30,37-38H,4,8-9,11-12,14,17-21H2,1H3/t28-/m1/s1. The van der Waals surface area contributed by atoms with Crippen LogP contribution in [0.15, 0.2) is 54.9 Å². The van der Waals surface area contributed by atoms with Gasteiger partial charge in [0.1, 0.15) is 11.8 Å². The molecule has 2 N–H and O–H groups in total. The summed E-state index contributed by atoms with van der Waals surface area (Å²) in [5.41, 5.74) is 2.84. The molecule has 1 aromatic heterocycles. The highest BCUT2D eigenvalue weighted by Crippen LogP contribution is 2.32. The number of halogens is 3. The molecule has 0 bridgehead atoms. The SMILES string of the molecule is COc1ccccc1COCCCOc1ncc(N2C(=O)CNC[C@@H]2C(=O)N(Cc2cc(CNCC(F)F)ccc2Cl)C2CC2)cn1. The molecule has 3 aromatic rings. The first-order chi connectivity index (χ1) is 22.8. The molecular formula is C33H39ClF2N6O5. The minimum atomic E-state index is -2.45. The molecule has 1 atom stereocenters. The smallest absolute Gasteiger partial charge is 0.316 e. The molecule has 2 heterocycles. The van der Waals surface area contributed by atoms with Crippen molar-refractivity contribution in [1.29, 1.82) is 0 Å². The van der Waals surface area contributed by atoms with Crippen LogP contribution in [0, 0.1) is 0 Å². The van der Waals surface area contributed by atoms with Crippen molar-refractivity contribution < 1.29 is 32.6 Å². The number of benzene rings is 2. The lowest BCUT2D eigenvalue weighted by Crippen LogP contribution is -2.61. The second-order valence-electron chi connectivity index (χ2n) is 11.3. The molecule has 0 unspecified atom stereocenters. The van der Waals surface area contributed by atoms with Crippen molar-refractivity contribution in [3.05, 3.63) is 76.6 Å². The maximum Gasteiger partial charge on any atom is 0.316 e. The van der Waals surface area contributed by atoms with Gasteiger partial charge in [0.05, 0.1) is 58.1 Å². The Morgan fingerprint density at radius 1 is 1.15 bits per heavy atom. The molecule has 0 spiro atoms. The van der Waals surface area contributed by atoms with Crippen molar-refractivity contribution in [2.24, 2.45) is 0 Å². The Hall–Kier alpha value is -3.91. The molecule has 11 nitrogen and oxygen atoms in total. The van der Waals surface area contributed by atoms with Crippen LogP contribution in [0.2, 0.25) is 5.02 Å². The molecule has 0 radical (unpaired) electrons. The van der Waals surface area contributed by atoms with Crippen LogP contribution in [-0.2, 0) is 34.0 Å². The van der Waals surface area contributed by atoms with Gasteiger partial charge in [0.25, 0.3) is 6.43 Å². The molecule has 1 saturated carbocycles. The van der Waals surface area contributed by atoms with E-state index in [1.165, 1.54) is 17.3 Å². The molecule has 2 fully saturated rings. The van der Waals surface area contributed by atoms with E-state index < -0.39 is 19.0 Å². The molecule has 2 aliphatic rings. The maximum absolute atomic E-state index is 14.0. The third-order valence-corrected chi connectivity index (χ3v) is 8.20. The van der Waals surface area contributed by atoms with Crippen LogP contribution in [-0.4, -0.2) is 85.1 Å². The van der Waals surface area contributed by atoms with Gasteiger partial charge in [0.2, 0.25) is 11.8 Å². The van der Waals surface area contributed by atoms with Gasteiger partial charge >= 0.3 is 6.01 Å². The summed E-state index contributed by atoms with van der Waals surface area (Å²) in [6, 6.07) is 12.3. The molecule has 47 heavy (non-hydrogen) atoms. The Balaban J connectivity index is 1.18. The monoisotopic (exact) mass is 672 g/mol. The third kappa shape index (κ3) is 9.57. The number of anilines is 1. The van der Waals surface area contributed by atoms with Crippen molar-refractivity contribution in [2.75, 3.05) is 44.9 Å². The Morgan fingerprint density at radius 2 is 1.94 bits per heavy atom. The van der Waals surface area contributed by atoms with Crippen LogP contribution in [0.25, 0.3) is 0 Å². The number of carbonyl (C=O) groups is 2. The highest BCUT2D eigenvalue weighted by molar-refractivity contribution is 6.31. The number of hydrogen-bond donors (Lipinski definition) is 2. The molecule has 2 aromatic carbocycles. The molecular weight excluding hydrogens is 634 g/mol. The van der Waals surface area contributed by atoms with Gasteiger partial charge in [-0.1, -0.05) is 41.9 Å². The van der Waals surface area contributed by atoms with Crippen LogP contribution in [0.1, 0.15) is 36.0 Å². The zero-order valence-corrected chi connectivity index (χ0v) is 26.9. The van der Waals surface area contributed by atoms with E-state index in [2.05, 4.69) is 20.6 Å². The summed E-state index contributed by atoms with van der Waals surface area (Å²) in [7, 11) is 1.62. The highest BCUT2D eigenvalue weighted by atomic mass is 35.5. The zero-order chi connectivity index (χ0) is 33.2. The largest absolute Gasteiger partial charge is 0.496 e. The number of nitrogens with zero attached hydrogens (tertiary/aromatic N) is 4. The fourth-order valence-electron chi connectivity index (χ4n) is 5.36. The summed E-state index contributed by atoms with van der Waals surface area (Å²) in [5, 5.41) is 6.24. The highest BCUT2D eigenvalue weighted by Gasteiger charge is 2.41. The van der Waals surface area contributed by atoms with Crippen LogP contribution in [0.5, 0.6) is 11.8 Å². The fraction of sp³-hybridized carbons (Fsp3) is 0.455. The zero-order valence-electron chi connectivity index (χ0n) is 26.2. The summed E-state index contributed by atoms with van der Waals surface area (Å²) in [6.45, 7) is 1.62. The minimum Gasteiger partial charge on any atom is -0.496 e. The number of ether oxygens (including phenoxy) is 3. The van der Waals surface area contributed by atoms with E-state index in [-0.39, 0.29) is 50.0 Å². The summed E-state index contributed by atoms with van der Waals surface area (Å²) in [4.78, 5) is 38.9. The number of piperazine rings is 1. The molecule has 252 valence electrons. The lowest BCUT2D eigenvalue weighted by atomic mass is 10.1. The number of amides is 2. The van der Waals surface area contributed by atoms with Crippen molar-refractivity contribution in [2.45, 2.75) is 57.5 Å². The second kappa shape index (κ2) is 16.8. The molecule has 5 rings (SSSR count). The Labute approximate surface area is 277 Å². The number of hydrogen-bond acceptors (Lipinski definition) is 9. The predicted molar refractivity (Wildman–Crippen MR) is 172 cm³/mol. The number of carbonyl (C=O) groups excluding carboxylic acids is 2. The van der Waals surface area contributed by atoms with E-state index in [0.717, 1.165) is 29.7 Å². The fourth-order valence-corrected chi connectivity index (χ4v) is 5.54. The van der Waals surface area contributed by atoms with E-state index in [4.69, 9.17) is 25.8 Å². The topological polar surface area (TPSA) is 118 Å². The van der Waals surface area contributed by atoms with Crippen molar-refractivity contribution >= 4 is 29.1 Å². The minimum absolute atomic E-state index is 0.0174. The van der Waals surface area contributed by atoms with Gasteiger partial charge in [-0.05, 0) is 36.1 Å². The van der Waals surface area contributed by atoms with Crippen molar-refractivity contribution in [1.82, 2.24) is 25.5 Å². The quantitative estimate of drug-likeness (QED) is 0.206. The van der Waals surface area contributed by atoms with Gasteiger partial charge in [-0.15, -0.1) is 0 Å². The number of para-hydroxylation sites is 1. The Morgan fingerprint density at radius 3 is 2.68 bits per heavy atom. The number of rotatable bonds is 17. The van der Waals surface area contributed by atoms with Crippen LogP contribution in [0.3, 0.4) is 0 Å². The van der Waals surface area contributed by atoms with Crippen LogP contribution < -0.4 is 25.0 Å². The van der Waals surface area contributed by atoms with E-state index in [9.17, 15) is 18.4 Å². The van der Waals surface area contributed by atoms with Gasteiger partial charge in [-0.3, -0.25) is 14.5 Å². The Bertz CT molecular complexity index is 1500. The molecule has 1 aliphatic carbocycles. The number of nitrogens with one attached hydrogen (secondary N) is 2. The lowest BCUT2D eigenvalue weighted by Gasteiger charge is -2.38. The third-order valence-electron chi connectivity index (χ3n) is 7.84. The first kappa shape index (κ1) is 34.4. The molecule has 14 heteroatoms. The molecule has 1 aliphatic heterocycles. The lowest BCUT2D eigenvalue weighted by molar-refractivity contribution is -0.136. The molecule has 2 amide bonds. The second-order valence-corrected chi connectivity index (χ2v) is 11.8.